The van der Waals surface area contributed by atoms with E-state index in [-0.39, 0.29) is 29.7 Å². The lowest BCUT2D eigenvalue weighted by molar-refractivity contribution is -0.141. The van der Waals surface area contributed by atoms with Crippen LogP contribution in [0.1, 0.15) is 71.1 Å². The largest absolute Gasteiger partial charge is 0.345 e. The van der Waals surface area contributed by atoms with Crippen molar-refractivity contribution in [3.8, 4) is 0 Å². The average Bonchev–Trinajstić information content (AvgIpc) is 3.15. The highest BCUT2D eigenvalue weighted by atomic mass is 16.2. The fraction of sp³-hybridized carbons (Fsp3) is 0.864. The number of piperidine rings is 1. The molecule has 2 saturated heterocycles. The topological polar surface area (TPSA) is 60.9 Å². The van der Waals surface area contributed by atoms with Gasteiger partial charge in [0.1, 0.15) is 0 Å². The Balaban J connectivity index is 1.66. The molecule has 3 rings (SSSR count). The first-order chi connectivity index (χ1) is 13.5. The molecule has 3 amide bonds. The van der Waals surface area contributed by atoms with Crippen LogP contribution in [-0.2, 0) is 14.4 Å². The van der Waals surface area contributed by atoms with E-state index in [1.54, 1.807) is 6.92 Å². The minimum absolute atomic E-state index is 0.0217. The molecule has 28 heavy (non-hydrogen) atoms. The van der Waals surface area contributed by atoms with Crippen molar-refractivity contribution in [3.63, 3.8) is 0 Å². The molecule has 2 atom stereocenters. The maximum atomic E-state index is 13.3. The zero-order valence-corrected chi connectivity index (χ0v) is 17.7. The van der Waals surface area contributed by atoms with Crippen LogP contribution in [0.2, 0.25) is 0 Å². The number of hydrogen-bond acceptors (Lipinski definition) is 3. The molecule has 0 N–H and O–H groups in total. The van der Waals surface area contributed by atoms with Crippen LogP contribution in [-0.4, -0.2) is 71.7 Å². The summed E-state index contributed by atoms with van der Waals surface area (Å²) in [6, 6.07) is 0.0814. The predicted molar refractivity (Wildman–Crippen MR) is 109 cm³/mol. The molecular weight excluding hydrogens is 354 g/mol. The van der Waals surface area contributed by atoms with Gasteiger partial charge in [0.05, 0.1) is 5.92 Å². The van der Waals surface area contributed by atoms with Crippen LogP contribution < -0.4 is 0 Å². The van der Waals surface area contributed by atoms with Crippen LogP contribution in [0.25, 0.3) is 0 Å². The molecule has 2 aliphatic heterocycles. The summed E-state index contributed by atoms with van der Waals surface area (Å²) < 4.78 is 0. The first-order valence-corrected chi connectivity index (χ1v) is 11.3. The van der Waals surface area contributed by atoms with E-state index in [1.807, 2.05) is 16.8 Å². The van der Waals surface area contributed by atoms with E-state index in [2.05, 4.69) is 4.90 Å². The van der Waals surface area contributed by atoms with E-state index in [1.165, 1.54) is 0 Å². The van der Waals surface area contributed by atoms with Gasteiger partial charge in [-0.05, 0) is 44.4 Å². The molecule has 0 spiro atoms. The third-order valence-corrected chi connectivity index (χ3v) is 7.06. The molecule has 0 aromatic heterocycles. The number of amides is 3. The second-order valence-electron chi connectivity index (χ2n) is 9.02. The molecule has 6 nitrogen and oxygen atoms in total. The van der Waals surface area contributed by atoms with Crippen LogP contribution >= 0.6 is 0 Å². The van der Waals surface area contributed by atoms with Crippen LogP contribution in [0.15, 0.2) is 0 Å². The smallest absolute Gasteiger partial charge is 0.227 e. The molecular formula is C22H37N3O3. The summed E-state index contributed by atoms with van der Waals surface area (Å²) >= 11 is 0. The third kappa shape index (κ3) is 5.06. The zero-order chi connectivity index (χ0) is 20.1. The number of carbonyl (C=O) groups is 3. The highest BCUT2D eigenvalue weighted by Crippen LogP contribution is 2.33. The summed E-state index contributed by atoms with van der Waals surface area (Å²) in [5.41, 5.74) is 0. The van der Waals surface area contributed by atoms with Gasteiger partial charge in [-0.3, -0.25) is 14.4 Å². The highest BCUT2D eigenvalue weighted by Gasteiger charge is 2.40. The monoisotopic (exact) mass is 391 g/mol. The molecule has 3 aliphatic rings. The summed E-state index contributed by atoms with van der Waals surface area (Å²) in [5, 5.41) is 0. The molecule has 2 heterocycles. The van der Waals surface area contributed by atoms with Crippen LogP contribution in [0.4, 0.5) is 0 Å². The SMILES string of the molecule is CC(=O)N1CCC(CC(=O)N2CCCCCCN(C)C(=O)C3CCCC32)CC1. The van der Waals surface area contributed by atoms with Gasteiger partial charge in [-0.25, -0.2) is 0 Å². The molecule has 0 bridgehead atoms. The quantitative estimate of drug-likeness (QED) is 0.727. The predicted octanol–water partition coefficient (Wildman–Crippen LogP) is 2.66. The van der Waals surface area contributed by atoms with E-state index in [0.29, 0.717) is 12.3 Å². The van der Waals surface area contributed by atoms with Crippen molar-refractivity contribution in [2.45, 2.75) is 77.2 Å². The van der Waals surface area contributed by atoms with Crippen molar-refractivity contribution in [3.05, 3.63) is 0 Å². The van der Waals surface area contributed by atoms with E-state index < -0.39 is 0 Å². The van der Waals surface area contributed by atoms with Crippen LogP contribution in [0, 0.1) is 11.8 Å². The van der Waals surface area contributed by atoms with Crippen molar-refractivity contribution >= 4 is 17.7 Å². The van der Waals surface area contributed by atoms with E-state index >= 15 is 0 Å². The summed E-state index contributed by atoms with van der Waals surface area (Å²) in [6.45, 7) is 4.79. The van der Waals surface area contributed by atoms with E-state index in [4.69, 9.17) is 0 Å². The number of likely N-dealkylation sites (tertiary alicyclic amines) is 1. The maximum absolute atomic E-state index is 13.3. The Morgan fingerprint density at radius 2 is 1.57 bits per heavy atom. The Kier molecular flexibility index (Phi) is 7.36. The average molecular weight is 392 g/mol. The summed E-state index contributed by atoms with van der Waals surface area (Å²) in [6.07, 6.45) is 9.64. The van der Waals surface area contributed by atoms with Gasteiger partial charge in [0.15, 0.2) is 0 Å². The lowest BCUT2D eigenvalue weighted by atomic mass is 9.92. The second-order valence-corrected chi connectivity index (χ2v) is 9.02. The lowest BCUT2D eigenvalue weighted by Gasteiger charge is -2.36. The Bertz CT molecular complexity index is 571. The molecule has 0 aromatic rings. The maximum Gasteiger partial charge on any atom is 0.227 e. The fourth-order valence-electron chi connectivity index (χ4n) is 5.27. The Morgan fingerprint density at radius 1 is 0.893 bits per heavy atom. The van der Waals surface area contributed by atoms with Gasteiger partial charge in [-0.1, -0.05) is 19.3 Å². The van der Waals surface area contributed by atoms with Crippen LogP contribution in [0.3, 0.4) is 0 Å². The Hall–Kier alpha value is -1.59. The first-order valence-electron chi connectivity index (χ1n) is 11.3. The fourth-order valence-corrected chi connectivity index (χ4v) is 5.27. The molecule has 1 saturated carbocycles. The highest BCUT2D eigenvalue weighted by molar-refractivity contribution is 5.82. The van der Waals surface area contributed by atoms with Crippen molar-refractivity contribution in [2.24, 2.45) is 11.8 Å². The number of carbonyl (C=O) groups excluding carboxylic acids is 3. The number of nitrogens with zero attached hydrogens (tertiary/aromatic N) is 3. The molecule has 158 valence electrons. The molecule has 0 radical (unpaired) electrons. The standard InChI is InChI=1S/C22H37N3O3/c1-17(26)24-14-10-18(11-15-24)16-21(27)25-13-6-4-3-5-12-23(2)22(28)19-8-7-9-20(19)25/h18-20H,3-16H2,1-2H3. The molecule has 2 unspecified atom stereocenters. The summed E-state index contributed by atoms with van der Waals surface area (Å²) in [5.74, 6) is 0.935. The summed E-state index contributed by atoms with van der Waals surface area (Å²) in [7, 11) is 1.92. The molecule has 3 fully saturated rings. The van der Waals surface area contributed by atoms with Crippen molar-refractivity contribution in [1.82, 2.24) is 14.7 Å². The first kappa shape index (κ1) is 21.1. The number of hydrogen-bond donors (Lipinski definition) is 0. The minimum atomic E-state index is -0.0217. The Morgan fingerprint density at radius 3 is 2.25 bits per heavy atom. The minimum Gasteiger partial charge on any atom is -0.345 e. The van der Waals surface area contributed by atoms with Crippen molar-refractivity contribution < 1.29 is 14.4 Å². The number of rotatable bonds is 2. The van der Waals surface area contributed by atoms with Gasteiger partial charge in [-0.2, -0.15) is 0 Å². The van der Waals surface area contributed by atoms with Gasteiger partial charge in [0.2, 0.25) is 17.7 Å². The van der Waals surface area contributed by atoms with Crippen molar-refractivity contribution in [2.75, 3.05) is 33.2 Å². The molecule has 0 aromatic carbocycles. The molecule has 6 heteroatoms. The van der Waals surface area contributed by atoms with Gasteiger partial charge < -0.3 is 14.7 Å². The van der Waals surface area contributed by atoms with Gasteiger partial charge >= 0.3 is 0 Å². The van der Waals surface area contributed by atoms with Gasteiger partial charge in [-0.15, -0.1) is 0 Å². The molecule has 1 aliphatic carbocycles. The van der Waals surface area contributed by atoms with E-state index in [9.17, 15) is 14.4 Å². The van der Waals surface area contributed by atoms with Crippen molar-refractivity contribution in [1.29, 1.82) is 0 Å². The van der Waals surface area contributed by atoms with Gasteiger partial charge in [0.25, 0.3) is 0 Å². The normalized spacial score (nSPS) is 28.1. The Labute approximate surface area is 169 Å². The van der Waals surface area contributed by atoms with E-state index in [0.717, 1.165) is 84.0 Å². The lowest BCUT2D eigenvalue weighted by Crippen LogP contribution is -2.48. The third-order valence-electron chi connectivity index (χ3n) is 7.06. The zero-order valence-electron chi connectivity index (χ0n) is 17.7. The second kappa shape index (κ2) is 9.75. The van der Waals surface area contributed by atoms with Crippen LogP contribution in [0.5, 0.6) is 0 Å². The van der Waals surface area contributed by atoms with Gasteiger partial charge in [0, 0.05) is 52.6 Å². The number of fused-ring (bicyclic) bond motifs is 1. The summed E-state index contributed by atoms with van der Waals surface area (Å²) in [4.78, 5) is 43.6.